The normalized spacial score (nSPS) is 20.9. The lowest BCUT2D eigenvalue weighted by molar-refractivity contribution is 0.257. The van der Waals surface area contributed by atoms with Gasteiger partial charge in [-0.15, -0.1) is 0 Å². The van der Waals surface area contributed by atoms with E-state index in [1.54, 1.807) is 6.07 Å². The van der Waals surface area contributed by atoms with Crippen LogP contribution in [-0.4, -0.2) is 36.8 Å². The minimum Gasteiger partial charge on any atom is -0.329 e. The van der Waals surface area contributed by atoms with Gasteiger partial charge in [-0.3, -0.25) is 0 Å². The first-order valence-corrected chi connectivity index (χ1v) is 7.62. The lowest BCUT2D eigenvalue weighted by Crippen LogP contribution is -2.47. The summed E-state index contributed by atoms with van der Waals surface area (Å²) in [4.78, 5) is 3.87. The molecular formula is C12H16N4O2S. The SMILES string of the molecule is N#Cc1cccnc1S(=O)(=O)N1CCCCC1CN. The Morgan fingerprint density at radius 2 is 2.32 bits per heavy atom. The number of nitrogens with two attached hydrogens (primary N) is 1. The van der Waals surface area contributed by atoms with Gasteiger partial charge in [0.15, 0.2) is 5.03 Å². The molecule has 6 nitrogen and oxygen atoms in total. The van der Waals surface area contributed by atoms with Gasteiger partial charge in [-0.25, -0.2) is 13.4 Å². The van der Waals surface area contributed by atoms with Crippen molar-refractivity contribution in [1.29, 1.82) is 5.26 Å². The monoisotopic (exact) mass is 280 g/mol. The summed E-state index contributed by atoms with van der Waals surface area (Å²) in [5.41, 5.74) is 5.72. The Kier molecular flexibility index (Phi) is 4.14. The summed E-state index contributed by atoms with van der Waals surface area (Å²) in [7, 11) is -3.75. The summed E-state index contributed by atoms with van der Waals surface area (Å²) < 4.78 is 26.6. The fraction of sp³-hybridized carbons (Fsp3) is 0.500. The first kappa shape index (κ1) is 13.9. The fourth-order valence-electron chi connectivity index (χ4n) is 2.32. The quantitative estimate of drug-likeness (QED) is 0.866. The number of sulfonamides is 1. The fourth-order valence-corrected chi connectivity index (χ4v) is 4.08. The van der Waals surface area contributed by atoms with Crippen molar-refractivity contribution in [3.05, 3.63) is 23.9 Å². The lowest BCUT2D eigenvalue weighted by Gasteiger charge is -2.33. The van der Waals surface area contributed by atoms with Crippen LogP contribution in [0.5, 0.6) is 0 Å². The van der Waals surface area contributed by atoms with Crippen molar-refractivity contribution >= 4 is 10.0 Å². The smallest absolute Gasteiger partial charge is 0.262 e. The van der Waals surface area contributed by atoms with Crippen LogP contribution < -0.4 is 5.73 Å². The van der Waals surface area contributed by atoms with Crippen LogP contribution >= 0.6 is 0 Å². The van der Waals surface area contributed by atoms with Crippen molar-refractivity contribution in [1.82, 2.24) is 9.29 Å². The highest BCUT2D eigenvalue weighted by Crippen LogP contribution is 2.25. The predicted molar refractivity (Wildman–Crippen MR) is 69.5 cm³/mol. The number of piperidine rings is 1. The first-order valence-electron chi connectivity index (χ1n) is 6.18. The Morgan fingerprint density at radius 1 is 1.53 bits per heavy atom. The van der Waals surface area contributed by atoms with Gasteiger partial charge in [0.25, 0.3) is 10.0 Å². The molecule has 1 aromatic rings. The van der Waals surface area contributed by atoms with Crippen LogP contribution in [0, 0.1) is 11.3 Å². The summed E-state index contributed by atoms with van der Waals surface area (Å²) in [5, 5.41) is 8.84. The molecule has 1 aliphatic rings. The van der Waals surface area contributed by atoms with E-state index >= 15 is 0 Å². The molecule has 1 saturated heterocycles. The van der Waals surface area contributed by atoms with Gasteiger partial charge in [0.05, 0.1) is 5.56 Å². The molecule has 0 bridgehead atoms. The lowest BCUT2D eigenvalue weighted by atomic mass is 10.1. The third-order valence-corrected chi connectivity index (χ3v) is 5.20. The summed E-state index contributed by atoms with van der Waals surface area (Å²) in [6.07, 6.45) is 3.92. The Morgan fingerprint density at radius 3 is 3.00 bits per heavy atom. The summed E-state index contributed by atoms with van der Waals surface area (Å²) >= 11 is 0. The topological polar surface area (TPSA) is 100 Å². The molecule has 0 saturated carbocycles. The van der Waals surface area contributed by atoms with Crippen LogP contribution in [0.25, 0.3) is 0 Å². The van der Waals surface area contributed by atoms with Crippen molar-refractivity contribution < 1.29 is 8.42 Å². The zero-order chi connectivity index (χ0) is 13.9. The second-order valence-corrected chi connectivity index (χ2v) is 6.27. The van der Waals surface area contributed by atoms with Gasteiger partial charge in [0.1, 0.15) is 6.07 Å². The first-order chi connectivity index (χ1) is 9.11. The van der Waals surface area contributed by atoms with Gasteiger partial charge >= 0.3 is 0 Å². The zero-order valence-corrected chi connectivity index (χ0v) is 11.3. The van der Waals surface area contributed by atoms with Gasteiger partial charge in [0.2, 0.25) is 0 Å². The molecule has 102 valence electrons. The van der Waals surface area contributed by atoms with E-state index < -0.39 is 10.0 Å². The van der Waals surface area contributed by atoms with Gasteiger partial charge < -0.3 is 5.73 Å². The highest BCUT2D eigenvalue weighted by molar-refractivity contribution is 7.89. The highest BCUT2D eigenvalue weighted by Gasteiger charge is 2.34. The summed E-state index contributed by atoms with van der Waals surface area (Å²) in [6.45, 7) is 0.722. The van der Waals surface area contributed by atoms with E-state index in [0.717, 1.165) is 19.3 Å². The van der Waals surface area contributed by atoms with Crippen LogP contribution in [0.1, 0.15) is 24.8 Å². The maximum atomic E-state index is 12.6. The molecule has 0 radical (unpaired) electrons. The van der Waals surface area contributed by atoms with Crippen LogP contribution in [0.2, 0.25) is 0 Å². The number of hydrogen-bond donors (Lipinski definition) is 1. The molecule has 0 spiro atoms. The molecule has 19 heavy (non-hydrogen) atoms. The van der Waals surface area contributed by atoms with E-state index in [2.05, 4.69) is 4.98 Å². The molecule has 2 N–H and O–H groups in total. The van der Waals surface area contributed by atoms with Crippen molar-refractivity contribution in [2.24, 2.45) is 5.73 Å². The summed E-state index contributed by atoms with van der Waals surface area (Å²) in [6, 6.07) is 4.68. The van der Waals surface area contributed by atoms with Crippen LogP contribution in [0.15, 0.2) is 23.4 Å². The van der Waals surface area contributed by atoms with E-state index in [-0.39, 0.29) is 23.2 Å². The number of aromatic nitrogens is 1. The molecule has 1 atom stereocenters. The van der Waals surface area contributed by atoms with Crippen molar-refractivity contribution in [2.75, 3.05) is 13.1 Å². The van der Waals surface area contributed by atoms with Crippen molar-refractivity contribution in [3.63, 3.8) is 0 Å². The Hall–Kier alpha value is -1.49. The van der Waals surface area contributed by atoms with Gasteiger partial charge in [-0.05, 0) is 25.0 Å². The third kappa shape index (κ3) is 2.61. The molecule has 2 rings (SSSR count). The molecule has 2 heterocycles. The maximum Gasteiger partial charge on any atom is 0.262 e. The summed E-state index contributed by atoms with van der Waals surface area (Å²) in [5.74, 6) is 0. The molecule has 1 aliphatic heterocycles. The molecule has 0 aromatic carbocycles. The number of pyridine rings is 1. The van der Waals surface area contributed by atoms with Crippen molar-refractivity contribution in [2.45, 2.75) is 30.3 Å². The van der Waals surface area contributed by atoms with E-state index in [1.807, 2.05) is 6.07 Å². The molecule has 1 aromatic heterocycles. The maximum absolute atomic E-state index is 12.6. The molecule has 7 heteroatoms. The van der Waals surface area contributed by atoms with Gasteiger partial charge in [-0.1, -0.05) is 6.42 Å². The van der Waals surface area contributed by atoms with Crippen LogP contribution in [0.4, 0.5) is 0 Å². The molecular weight excluding hydrogens is 264 g/mol. The average molecular weight is 280 g/mol. The number of nitrogens with zero attached hydrogens (tertiary/aromatic N) is 3. The number of rotatable bonds is 3. The standard InChI is InChI=1S/C12H16N4O2S/c13-8-10-4-3-6-15-12(10)19(17,18)16-7-2-1-5-11(16)9-14/h3-4,6,11H,1-2,5,7,9,14H2. The van der Waals surface area contributed by atoms with E-state index in [4.69, 9.17) is 11.0 Å². The highest BCUT2D eigenvalue weighted by atomic mass is 32.2. The molecule has 0 aliphatic carbocycles. The second kappa shape index (κ2) is 5.65. The third-order valence-electron chi connectivity index (χ3n) is 3.29. The van der Waals surface area contributed by atoms with Gasteiger partial charge in [0, 0.05) is 25.3 Å². The van der Waals surface area contributed by atoms with Crippen molar-refractivity contribution in [3.8, 4) is 6.07 Å². The Bertz CT molecular complexity index is 594. The van der Waals surface area contributed by atoms with Crippen LogP contribution in [-0.2, 0) is 10.0 Å². The Balaban J connectivity index is 2.44. The van der Waals surface area contributed by atoms with E-state index in [0.29, 0.717) is 6.54 Å². The van der Waals surface area contributed by atoms with Crippen LogP contribution in [0.3, 0.4) is 0 Å². The minimum atomic E-state index is -3.75. The molecule has 1 unspecified atom stereocenters. The molecule has 1 fully saturated rings. The largest absolute Gasteiger partial charge is 0.329 e. The number of nitriles is 1. The van der Waals surface area contributed by atoms with E-state index in [1.165, 1.54) is 16.6 Å². The Labute approximate surface area is 112 Å². The second-order valence-electron chi connectivity index (χ2n) is 4.47. The minimum absolute atomic E-state index is 0.0730. The number of hydrogen-bond acceptors (Lipinski definition) is 5. The molecule has 0 amide bonds. The predicted octanol–water partition coefficient (Wildman–Crippen LogP) is 0.455. The van der Waals surface area contributed by atoms with Gasteiger partial charge in [-0.2, -0.15) is 9.57 Å². The zero-order valence-electron chi connectivity index (χ0n) is 10.5. The average Bonchev–Trinajstić information content (AvgIpc) is 2.47. The van der Waals surface area contributed by atoms with E-state index in [9.17, 15) is 8.42 Å².